The summed E-state index contributed by atoms with van der Waals surface area (Å²) < 4.78 is 5.23. The third kappa shape index (κ3) is 4.42. The van der Waals surface area contributed by atoms with Gasteiger partial charge in [0.15, 0.2) is 12.3 Å². The molecule has 0 spiro atoms. The zero-order valence-corrected chi connectivity index (χ0v) is 16.4. The molecule has 1 saturated heterocycles. The number of hydrogen-bond donors (Lipinski definition) is 3. The number of rotatable bonds is 6. The first kappa shape index (κ1) is 20.4. The fourth-order valence-electron chi connectivity index (χ4n) is 3.43. The molecule has 0 aliphatic carbocycles. The van der Waals surface area contributed by atoms with Crippen LogP contribution in [0.25, 0.3) is 0 Å². The van der Waals surface area contributed by atoms with Crippen molar-refractivity contribution in [1.82, 2.24) is 9.88 Å². The summed E-state index contributed by atoms with van der Waals surface area (Å²) in [6.07, 6.45) is 2.13. The average molecular weight is 400 g/mol. The van der Waals surface area contributed by atoms with E-state index < -0.39 is 12.6 Å². The van der Waals surface area contributed by atoms with Gasteiger partial charge in [0.2, 0.25) is 0 Å². The molecule has 8 heteroatoms. The number of carbonyl (C=O) groups excluding carboxylic acids is 1. The summed E-state index contributed by atoms with van der Waals surface area (Å²) in [5, 5.41) is 29.3. The summed E-state index contributed by atoms with van der Waals surface area (Å²) in [5.74, 6) is -1.31. The SMILES string of the molecule is Cc1c(OCC(=O)O)cc(O)c(Cc2ccc(O)c(C(=O)N3CCCC3)n2)c1C. The lowest BCUT2D eigenvalue weighted by molar-refractivity contribution is -0.139. The number of hydrogen-bond acceptors (Lipinski definition) is 6. The van der Waals surface area contributed by atoms with Gasteiger partial charge in [-0.3, -0.25) is 4.79 Å². The molecule has 2 aromatic rings. The van der Waals surface area contributed by atoms with Crippen molar-refractivity contribution in [2.24, 2.45) is 0 Å². The van der Waals surface area contributed by atoms with Crippen molar-refractivity contribution < 1.29 is 29.6 Å². The first-order valence-corrected chi connectivity index (χ1v) is 9.42. The Balaban J connectivity index is 1.88. The summed E-state index contributed by atoms with van der Waals surface area (Å²) >= 11 is 0. The second kappa shape index (κ2) is 8.38. The van der Waals surface area contributed by atoms with Crippen LogP contribution in [0.4, 0.5) is 0 Å². The molecule has 3 N–H and O–H groups in total. The Morgan fingerprint density at radius 2 is 1.79 bits per heavy atom. The van der Waals surface area contributed by atoms with Crippen molar-refractivity contribution in [1.29, 1.82) is 0 Å². The van der Waals surface area contributed by atoms with Gasteiger partial charge in [-0.2, -0.15) is 0 Å². The van der Waals surface area contributed by atoms with E-state index in [1.165, 1.54) is 12.1 Å². The topological polar surface area (TPSA) is 120 Å². The molecule has 3 rings (SSSR count). The van der Waals surface area contributed by atoms with E-state index in [1.54, 1.807) is 24.8 Å². The molecule has 8 nitrogen and oxygen atoms in total. The van der Waals surface area contributed by atoms with Gasteiger partial charge in [-0.1, -0.05) is 0 Å². The standard InChI is InChI=1S/C21H24N2O6/c1-12-13(2)18(29-11-19(26)27)10-17(25)15(12)9-14-5-6-16(24)20(22-14)21(28)23-7-3-4-8-23/h5-6,10,24-25H,3-4,7-9,11H2,1-2H3,(H,26,27). The fourth-order valence-corrected chi connectivity index (χ4v) is 3.43. The minimum absolute atomic E-state index is 0.0136. The number of pyridine rings is 1. The monoisotopic (exact) mass is 400 g/mol. The molecule has 0 radical (unpaired) electrons. The van der Waals surface area contributed by atoms with E-state index in [0.717, 1.165) is 18.4 Å². The molecule has 29 heavy (non-hydrogen) atoms. The molecule has 1 aromatic heterocycles. The molecule has 0 unspecified atom stereocenters. The average Bonchev–Trinajstić information content (AvgIpc) is 3.22. The van der Waals surface area contributed by atoms with Gasteiger partial charge in [0, 0.05) is 36.8 Å². The Morgan fingerprint density at radius 1 is 1.10 bits per heavy atom. The molecule has 1 aliphatic rings. The lowest BCUT2D eigenvalue weighted by Crippen LogP contribution is -2.28. The molecule has 1 amide bonds. The number of amides is 1. The number of likely N-dealkylation sites (tertiary alicyclic amines) is 1. The Bertz CT molecular complexity index is 951. The van der Waals surface area contributed by atoms with Crippen molar-refractivity contribution in [2.75, 3.05) is 19.7 Å². The van der Waals surface area contributed by atoms with E-state index in [0.29, 0.717) is 35.7 Å². The van der Waals surface area contributed by atoms with Crippen LogP contribution in [0.1, 0.15) is 45.7 Å². The Labute approximate surface area is 168 Å². The van der Waals surface area contributed by atoms with Crippen LogP contribution in [0.3, 0.4) is 0 Å². The highest BCUT2D eigenvalue weighted by molar-refractivity contribution is 5.95. The van der Waals surface area contributed by atoms with Crippen molar-refractivity contribution in [2.45, 2.75) is 33.1 Å². The number of phenolic OH excluding ortho intramolecular Hbond substituents is 1. The third-order valence-electron chi connectivity index (χ3n) is 5.20. The number of carboxylic acids is 1. The first-order chi connectivity index (χ1) is 13.8. The van der Waals surface area contributed by atoms with Crippen molar-refractivity contribution in [3.05, 3.63) is 46.3 Å². The zero-order chi connectivity index (χ0) is 21.1. The van der Waals surface area contributed by atoms with Crippen LogP contribution in [0.15, 0.2) is 18.2 Å². The van der Waals surface area contributed by atoms with Gasteiger partial charge in [-0.25, -0.2) is 9.78 Å². The Kier molecular flexibility index (Phi) is 5.91. The molecule has 154 valence electrons. The number of nitrogens with zero attached hydrogens (tertiary/aromatic N) is 2. The highest BCUT2D eigenvalue weighted by Crippen LogP contribution is 2.34. The maximum absolute atomic E-state index is 12.6. The van der Waals surface area contributed by atoms with Crippen LogP contribution in [-0.4, -0.2) is 56.8 Å². The minimum Gasteiger partial charge on any atom is -0.508 e. The second-order valence-electron chi connectivity index (χ2n) is 7.15. The predicted octanol–water partition coefficient (Wildman–Crippen LogP) is 2.40. The molecule has 0 bridgehead atoms. The predicted molar refractivity (Wildman–Crippen MR) is 105 cm³/mol. The number of aliphatic carboxylic acids is 1. The van der Waals surface area contributed by atoms with Crippen LogP contribution in [0.5, 0.6) is 17.2 Å². The summed E-state index contributed by atoms with van der Waals surface area (Å²) in [5.41, 5.74) is 2.60. The van der Waals surface area contributed by atoms with E-state index in [2.05, 4.69) is 4.98 Å². The number of aromatic nitrogens is 1. The van der Waals surface area contributed by atoms with Gasteiger partial charge in [-0.15, -0.1) is 0 Å². The summed E-state index contributed by atoms with van der Waals surface area (Å²) in [6.45, 7) is 4.39. The third-order valence-corrected chi connectivity index (χ3v) is 5.20. The van der Waals surface area contributed by atoms with Crippen LogP contribution < -0.4 is 4.74 Å². The number of aromatic hydroxyl groups is 2. The maximum atomic E-state index is 12.6. The highest BCUT2D eigenvalue weighted by Gasteiger charge is 2.24. The van der Waals surface area contributed by atoms with Gasteiger partial charge in [0.25, 0.3) is 5.91 Å². The smallest absolute Gasteiger partial charge is 0.341 e. The zero-order valence-electron chi connectivity index (χ0n) is 16.4. The van der Waals surface area contributed by atoms with Gasteiger partial charge in [-0.05, 0) is 49.9 Å². The lowest BCUT2D eigenvalue weighted by Gasteiger charge is -2.17. The van der Waals surface area contributed by atoms with Gasteiger partial charge in [0.1, 0.15) is 17.2 Å². The molecule has 0 saturated carbocycles. The number of carboxylic acid groups (broad SMARTS) is 1. The number of benzene rings is 1. The molecule has 0 atom stereocenters. The van der Waals surface area contributed by atoms with E-state index in [4.69, 9.17) is 9.84 Å². The van der Waals surface area contributed by atoms with Crippen LogP contribution >= 0.6 is 0 Å². The van der Waals surface area contributed by atoms with Crippen LogP contribution in [-0.2, 0) is 11.2 Å². The number of ether oxygens (including phenoxy) is 1. The number of phenols is 1. The molecular formula is C21H24N2O6. The Morgan fingerprint density at radius 3 is 2.45 bits per heavy atom. The highest BCUT2D eigenvalue weighted by atomic mass is 16.5. The van der Waals surface area contributed by atoms with Crippen molar-refractivity contribution in [3.63, 3.8) is 0 Å². The molecule has 1 fully saturated rings. The molecule has 1 aliphatic heterocycles. The van der Waals surface area contributed by atoms with Crippen molar-refractivity contribution in [3.8, 4) is 17.2 Å². The summed E-state index contributed by atoms with van der Waals surface area (Å²) in [4.78, 5) is 29.4. The van der Waals surface area contributed by atoms with E-state index in [-0.39, 0.29) is 29.5 Å². The van der Waals surface area contributed by atoms with Gasteiger partial charge < -0.3 is 25.0 Å². The summed E-state index contributed by atoms with van der Waals surface area (Å²) in [6, 6.07) is 4.44. The molecule has 1 aromatic carbocycles. The van der Waals surface area contributed by atoms with Crippen LogP contribution in [0, 0.1) is 13.8 Å². The first-order valence-electron chi connectivity index (χ1n) is 9.42. The summed E-state index contributed by atoms with van der Waals surface area (Å²) in [7, 11) is 0. The molecular weight excluding hydrogens is 376 g/mol. The number of carbonyl (C=O) groups is 2. The van der Waals surface area contributed by atoms with E-state index >= 15 is 0 Å². The molecule has 2 heterocycles. The quantitative estimate of drug-likeness (QED) is 0.681. The largest absolute Gasteiger partial charge is 0.508 e. The van der Waals surface area contributed by atoms with Crippen molar-refractivity contribution >= 4 is 11.9 Å². The minimum atomic E-state index is -1.10. The van der Waals surface area contributed by atoms with Crippen LogP contribution in [0.2, 0.25) is 0 Å². The fraction of sp³-hybridized carbons (Fsp3) is 0.381. The Hall–Kier alpha value is -3.29. The van der Waals surface area contributed by atoms with Gasteiger partial charge >= 0.3 is 5.97 Å². The van der Waals surface area contributed by atoms with E-state index in [1.807, 2.05) is 0 Å². The van der Waals surface area contributed by atoms with E-state index in [9.17, 15) is 19.8 Å². The lowest BCUT2D eigenvalue weighted by atomic mass is 9.97. The maximum Gasteiger partial charge on any atom is 0.341 e. The van der Waals surface area contributed by atoms with Gasteiger partial charge in [0.05, 0.1) is 0 Å². The second-order valence-corrected chi connectivity index (χ2v) is 7.15. The normalized spacial score (nSPS) is 13.5.